The van der Waals surface area contributed by atoms with Crippen molar-refractivity contribution in [3.05, 3.63) is 108 Å². The van der Waals surface area contributed by atoms with E-state index in [-0.39, 0.29) is 18.4 Å². The van der Waals surface area contributed by atoms with Crippen molar-refractivity contribution in [2.45, 2.75) is 25.5 Å². The smallest absolute Gasteiger partial charge is 0.319 e. The molecule has 0 N–H and O–H groups in total. The van der Waals surface area contributed by atoms with Crippen LogP contribution in [0, 0.1) is 5.92 Å². The predicted octanol–water partition coefficient (Wildman–Crippen LogP) is 4.56. The van der Waals surface area contributed by atoms with Gasteiger partial charge >= 0.3 is 5.97 Å². The third kappa shape index (κ3) is 4.60. The van der Waals surface area contributed by atoms with Crippen LogP contribution in [0.5, 0.6) is 0 Å². The molecule has 0 aliphatic carbocycles. The van der Waals surface area contributed by atoms with Crippen molar-refractivity contribution in [2.24, 2.45) is 5.92 Å². The van der Waals surface area contributed by atoms with Crippen molar-refractivity contribution < 1.29 is 14.3 Å². The van der Waals surface area contributed by atoms with E-state index in [9.17, 15) is 9.59 Å². The Morgan fingerprint density at radius 1 is 0.833 bits per heavy atom. The number of piperidine rings is 1. The monoisotopic (exact) mass is 399 g/mol. The van der Waals surface area contributed by atoms with Gasteiger partial charge in [0.1, 0.15) is 12.5 Å². The van der Waals surface area contributed by atoms with Crippen molar-refractivity contribution in [1.82, 2.24) is 4.90 Å². The van der Waals surface area contributed by atoms with E-state index in [2.05, 4.69) is 0 Å². The van der Waals surface area contributed by atoms with E-state index in [1.807, 2.05) is 91.0 Å². The molecule has 1 saturated heterocycles. The first-order chi connectivity index (χ1) is 14.7. The highest BCUT2D eigenvalue weighted by Crippen LogP contribution is 2.35. The Hall–Kier alpha value is -3.40. The maximum atomic E-state index is 13.4. The Bertz CT molecular complexity index is 973. The van der Waals surface area contributed by atoms with Crippen molar-refractivity contribution in [3.63, 3.8) is 0 Å². The first kappa shape index (κ1) is 19.9. The fourth-order valence-corrected chi connectivity index (χ4v) is 4.04. The highest BCUT2D eigenvalue weighted by atomic mass is 16.5. The highest BCUT2D eigenvalue weighted by molar-refractivity contribution is 5.99. The summed E-state index contributed by atoms with van der Waals surface area (Å²) in [6, 6.07) is 29.2. The normalized spacial score (nSPS) is 18.8. The molecule has 1 aliphatic rings. The number of ether oxygens (including phenoxy) is 1. The summed E-state index contributed by atoms with van der Waals surface area (Å²) in [4.78, 5) is 28.3. The molecule has 1 amide bonds. The lowest BCUT2D eigenvalue weighted by atomic mass is 9.79. The lowest BCUT2D eigenvalue weighted by Crippen LogP contribution is -2.47. The minimum atomic E-state index is -0.825. The number of nitrogens with zero attached hydrogens (tertiary/aromatic N) is 1. The fourth-order valence-electron chi connectivity index (χ4n) is 4.04. The largest absolute Gasteiger partial charge is 0.460 e. The Kier molecular flexibility index (Phi) is 6.23. The minimum absolute atomic E-state index is 0.156. The van der Waals surface area contributed by atoms with Gasteiger partial charge < -0.3 is 9.64 Å². The van der Waals surface area contributed by atoms with Crippen molar-refractivity contribution in [3.8, 4) is 0 Å². The lowest BCUT2D eigenvalue weighted by Gasteiger charge is -2.37. The quantitative estimate of drug-likeness (QED) is 0.451. The number of carbonyl (C=O) groups is 2. The van der Waals surface area contributed by atoms with Gasteiger partial charge in [0.05, 0.1) is 0 Å². The number of carbonyl (C=O) groups excluding carboxylic acids is 2. The van der Waals surface area contributed by atoms with Crippen LogP contribution in [0.4, 0.5) is 0 Å². The molecule has 152 valence electrons. The van der Waals surface area contributed by atoms with E-state index in [1.165, 1.54) is 0 Å². The average Bonchev–Trinajstić information content (AvgIpc) is 2.80. The second-order valence-corrected chi connectivity index (χ2v) is 7.62. The summed E-state index contributed by atoms with van der Waals surface area (Å²) in [7, 11) is 0. The highest BCUT2D eigenvalue weighted by Gasteiger charge is 2.43. The van der Waals surface area contributed by atoms with Gasteiger partial charge in [-0.25, -0.2) is 0 Å². The molecule has 1 heterocycles. The summed E-state index contributed by atoms with van der Waals surface area (Å²) in [6.45, 7) is 1.29. The number of hydrogen-bond donors (Lipinski definition) is 0. The molecule has 3 aromatic rings. The van der Waals surface area contributed by atoms with Gasteiger partial charge in [-0.05, 0) is 23.1 Å². The zero-order valence-corrected chi connectivity index (χ0v) is 16.8. The molecule has 4 heteroatoms. The molecule has 0 unspecified atom stereocenters. The van der Waals surface area contributed by atoms with Crippen LogP contribution in [-0.4, -0.2) is 23.3 Å². The summed E-state index contributed by atoms with van der Waals surface area (Å²) in [5.41, 5.74) is 2.97. The number of rotatable bonds is 6. The van der Waals surface area contributed by atoms with Crippen molar-refractivity contribution in [2.75, 3.05) is 6.54 Å². The van der Waals surface area contributed by atoms with Crippen LogP contribution in [-0.2, 0) is 27.5 Å². The molecular weight excluding hydrogens is 374 g/mol. The molecule has 1 fully saturated rings. The summed E-state index contributed by atoms with van der Waals surface area (Å²) in [5.74, 6) is -1.60. The fraction of sp³-hybridized carbons (Fsp3) is 0.231. The first-order valence-electron chi connectivity index (χ1n) is 10.3. The third-order valence-electron chi connectivity index (χ3n) is 5.61. The molecule has 0 aromatic heterocycles. The molecule has 0 spiro atoms. The predicted molar refractivity (Wildman–Crippen MR) is 115 cm³/mol. The Morgan fingerprint density at radius 2 is 1.40 bits per heavy atom. The SMILES string of the molecule is O=C(OCc1ccccc1)[C@H]1C(=O)N(Cc2ccccc2)CC[C@@H]1c1ccccc1. The maximum Gasteiger partial charge on any atom is 0.319 e. The number of amides is 1. The number of likely N-dealkylation sites (tertiary alicyclic amines) is 1. The van der Waals surface area contributed by atoms with Gasteiger partial charge in [-0.1, -0.05) is 91.0 Å². The topological polar surface area (TPSA) is 46.6 Å². The Morgan fingerprint density at radius 3 is 2.03 bits per heavy atom. The Balaban J connectivity index is 1.54. The molecule has 0 saturated carbocycles. The summed E-state index contributed by atoms with van der Waals surface area (Å²) >= 11 is 0. The molecule has 4 nitrogen and oxygen atoms in total. The zero-order chi connectivity index (χ0) is 20.8. The van der Waals surface area contributed by atoms with Crippen LogP contribution in [0.3, 0.4) is 0 Å². The lowest BCUT2D eigenvalue weighted by molar-refractivity contribution is -0.160. The van der Waals surface area contributed by atoms with Gasteiger partial charge in [0.25, 0.3) is 0 Å². The molecule has 0 radical (unpaired) electrons. The van der Waals surface area contributed by atoms with Gasteiger partial charge in [0, 0.05) is 19.0 Å². The van der Waals surface area contributed by atoms with Crippen LogP contribution in [0.2, 0.25) is 0 Å². The van der Waals surface area contributed by atoms with Gasteiger partial charge in [0.2, 0.25) is 5.91 Å². The minimum Gasteiger partial charge on any atom is -0.460 e. The van der Waals surface area contributed by atoms with E-state index in [1.54, 1.807) is 4.90 Å². The van der Waals surface area contributed by atoms with Gasteiger partial charge in [-0.3, -0.25) is 9.59 Å². The number of hydrogen-bond acceptors (Lipinski definition) is 3. The maximum absolute atomic E-state index is 13.4. The second-order valence-electron chi connectivity index (χ2n) is 7.62. The molecule has 30 heavy (non-hydrogen) atoms. The first-order valence-corrected chi connectivity index (χ1v) is 10.3. The summed E-state index contributed by atoms with van der Waals surface area (Å²) in [5, 5.41) is 0. The number of benzene rings is 3. The van der Waals surface area contributed by atoms with E-state index in [0.29, 0.717) is 13.1 Å². The number of esters is 1. The second kappa shape index (κ2) is 9.40. The van der Waals surface area contributed by atoms with Crippen molar-refractivity contribution >= 4 is 11.9 Å². The standard InChI is InChI=1S/C26H25NO3/c28-25-24(26(29)30-19-21-12-6-2-7-13-21)23(22-14-8-3-9-15-22)16-17-27(25)18-20-10-4-1-5-11-20/h1-15,23-24H,16-19H2/t23-,24-/m1/s1. The molecule has 2 atom stereocenters. The van der Waals surface area contributed by atoms with E-state index < -0.39 is 11.9 Å². The summed E-state index contributed by atoms with van der Waals surface area (Å²) < 4.78 is 5.60. The Labute approximate surface area is 177 Å². The van der Waals surface area contributed by atoms with Crippen LogP contribution < -0.4 is 0 Å². The van der Waals surface area contributed by atoms with Crippen molar-refractivity contribution in [1.29, 1.82) is 0 Å². The van der Waals surface area contributed by atoms with E-state index in [0.717, 1.165) is 23.1 Å². The van der Waals surface area contributed by atoms with Crippen LogP contribution >= 0.6 is 0 Å². The van der Waals surface area contributed by atoms with Crippen LogP contribution in [0.15, 0.2) is 91.0 Å². The van der Waals surface area contributed by atoms with Crippen LogP contribution in [0.1, 0.15) is 29.0 Å². The molecular formula is C26H25NO3. The molecule has 4 rings (SSSR count). The third-order valence-corrected chi connectivity index (χ3v) is 5.61. The zero-order valence-electron chi connectivity index (χ0n) is 16.8. The van der Waals surface area contributed by atoms with E-state index >= 15 is 0 Å². The molecule has 1 aliphatic heterocycles. The van der Waals surface area contributed by atoms with Gasteiger partial charge in [-0.15, -0.1) is 0 Å². The average molecular weight is 399 g/mol. The van der Waals surface area contributed by atoms with Gasteiger partial charge in [0.15, 0.2) is 0 Å². The molecule has 3 aromatic carbocycles. The molecule has 0 bridgehead atoms. The summed E-state index contributed by atoms with van der Waals surface area (Å²) in [6.07, 6.45) is 0.730. The van der Waals surface area contributed by atoms with Gasteiger partial charge in [-0.2, -0.15) is 0 Å². The van der Waals surface area contributed by atoms with Crippen LogP contribution in [0.25, 0.3) is 0 Å². The van der Waals surface area contributed by atoms with E-state index in [4.69, 9.17) is 4.74 Å².